The molecule has 0 unspecified atom stereocenters. The van der Waals surface area contributed by atoms with Crippen molar-refractivity contribution in [2.75, 3.05) is 12.4 Å². The molecule has 0 saturated carbocycles. The molecule has 0 spiro atoms. The van der Waals surface area contributed by atoms with E-state index in [1.165, 1.54) is 19.5 Å². The van der Waals surface area contributed by atoms with Crippen molar-refractivity contribution in [3.05, 3.63) is 52.6 Å². The minimum absolute atomic E-state index is 0.0883. The highest BCUT2D eigenvalue weighted by Crippen LogP contribution is 2.20. The number of amides is 1. The summed E-state index contributed by atoms with van der Waals surface area (Å²) in [6.45, 7) is 1.71. The van der Waals surface area contributed by atoms with Gasteiger partial charge in [0.25, 0.3) is 5.91 Å². The van der Waals surface area contributed by atoms with Gasteiger partial charge < -0.3 is 10.1 Å². The Morgan fingerprint density at radius 2 is 2.05 bits per heavy atom. The minimum atomic E-state index is -0.467. The van der Waals surface area contributed by atoms with Crippen molar-refractivity contribution in [2.24, 2.45) is 0 Å². The number of anilines is 1. The van der Waals surface area contributed by atoms with Gasteiger partial charge in [0.1, 0.15) is 10.8 Å². The van der Waals surface area contributed by atoms with Gasteiger partial charge in [0.05, 0.1) is 25.1 Å². The molecule has 7 heteroatoms. The van der Waals surface area contributed by atoms with Crippen LogP contribution in [0.3, 0.4) is 0 Å². The van der Waals surface area contributed by atoms with Crippen molar-refractivity contribution in [1.29, 1.82) is 0 Å². The maximum Gasteiger partial charge on any atom is 0.338 e. The maximum atomic E-state index is 12.1. The van der Waals surface area contributed by atoms with Crippen molar-refractivity contribution in [1.82, 2.24) is 9.97 Å². The number of hydrogen-bond donors (Lipinski definition) is 1. The molecule has 21 heavy (non-hydrogen) atoms. The number of nitrogens with zero attached hydrogens (tertiary/aromatic N) is 2. The lowest BCUT2D eigenvalue weighted by Gasteiger charge is -2.11. The van der Waals surface area contributed by atoms with Crippen LogP contribution >= 0.6 is 11.6 Å². The molecule has 1 heterocycles. The topological polar surface area (TPSA) is 81.2 Å². The standard InChI is InChI=1S/C14H12ClN3O3/c1-8-9(14(20)21-2)4-3-5-10(8)18-13(19)11-6-16-7-12(15)17-11/h3-7H,1-2H3,(H,18,19). The van der Waals surface area contributed by atoms with Gasteiger partial charge in [0.2, 0.25) is 0 Å². The molecule has 0 saturated heterocycles. The second-order valence-electron chi connectivity index (χ2n) is 4.15. The van der Waals surface area contributed by atoms with Crippen molar-refractivity contribution in [3.63, 3.8) is 0 Å². The molecule has 6 nitrogen and oxygen atoms in total. The highest BCUT2D eigenvalue weighted by molar-refractivity contribution is 6.29. The summed E-state index contributed by atoms with van der Waals surface area (Å²) in [5, 5.41) is 2.79. The fourth-order valence-corrected chi connectivity index (χ4v) is 1.89. The Balaban J connectivity index is 2.28. The molecule has 0 atom stereocenters. The van der Waals surface area contributed by atoms with E-state index in [0.29, 0.717) is 16.8 Å². The van der Waals surface area contributed by atoms with Gasteiger partial charge in [0.15, 0.2) is 0 Å². The Hall–Kier alpha value is -2.47. The molecular formula is C14H12ClN3O3. The summed E-state index contributed by atoms with van der Waals surface area (Å²) in [5.41, 5.74) is 1.57. The Bertz CT molecular complexity index is 704. The normalized spacial score (nSPS) is 10.0. The number of hydrogen-bond acceptors (Lipinski definition) is 5. The monoisotopic (exact) mass is 305 g/mol. The van der Waals surface area contributed by atoms with Crippen LogP contribution in [0.4, 0.5) is 5.69 Å². The number of carbonyl (C=O) groups is 2. The molecule has 1 aromatic heterocycles. The number of nitrogens with one attached hydrogen (secondary N) is 1. The van der Waals surface area contributed by atoms with Crippen molar-refractivity contribution in [2.45, 2.75) is 6.92 Å². The third-order valence-electron chi connectivity index (χ3n) is 2.83. The Kier molecular flexibility index (Phi) is 4.49. The van der Waals surface area contributed by atoms with E-state index < -0.39 is 11.9 Å². The van der Waals surface area contributed by atoms with E-state index >= 15 is 0 Å². The molecular weight excluding hydrogens is 294 g/mol. The lowest BCUT2D eigenvalue weighted by Crippen LogP contribution is -2.16. The van der Waals surface area contributed by atoms with Crippen LogP contribution in [0.5, 0.6) is 0 Å². The first-order valence-electron chi connectivity index (χ1n) is 5.99. The van der Waals surface area contributed by atoms with Crippen LogP contribution in [-0.4, -0.2) is 29.0 Å². The third-order valence-corrected chi connectivity index (χ3v) is 3.01. The van der Waals surface area contributed by atoms with Gasteiger partial charge in [-0.25, -0.2) is 9.78 Å². The van der Waals surface area contributed by atoms with Gasteiger partial charge in [-0.2, -0.15) is 0 Å². The molecule has 0 radical (unpaired) electrons. The Labute approximate surface area is 126 Å². The Morgan fingerprint density at radius 1 is 1.29 bits per heavy atom. The first-order valence-corrected chi connectivity index (χ1v) is 6.37. The number of rotatable bonds is 3. The summed E-state index contributed by atoms with van der Waals surface area (Å²) in [6.07, 6.45) is 2.64. The van der Waals surface area contributed by atoms with Gasteiger partial charge in [-0.3, -0.25) is 9.78 Å². The zero-order valence-corrected chi connectivity index (χ0v) is 12.1. The van der Waals surface area contributed by atoms with E-state index in [2.05, 4.69) is 20.0 Å². The number of methoxy groups -OCH3 is 1. The van der Waals surface area contributed by atoms with Crippen molar-refractivity contribution in [3.8, 4) is 0 Å². The van der Waals surface area contributed by atoms with Crippen molar-refractivity contribution >= 4 is 29.2 Å². The van der Waals surface area contributed by atoms with Crippen LogP contribution in [0.25, 0.3) is 0 Å². The minimum Gasteiger partial charge on any atom is -0.465 e. The van der Waals surface area contributed by atoms with E-state index in [1.807, 2.05) is 0 Å². The quantitative estimate of drug-likeness (QED) is 0.881. The number of esters is 1. The predicted octanol–water partition coefficient (Wildman–Crippen LogP) is 2.48. The fourth-order valence-electron chi connectivity index (χ4n) is 1.74. The lowest BCUT2D eigenvalue weighted by atomic mass is 10.1. The average molecular weight is 306 g/mol. The second kappa shape index (κ2) is 6.32. The smallest absolute Gasteiger partial charge is 0.338 e. The summed E-state index contributed by atoms with van der Waals surface area (Å²) in [5.74, 6) is -0.929. The van der Waals surface area contributed by atoms with Crippen LogP contribution in [0.1, 0.15) is 26.4 Å². The van der Waals surface area contributed by atoms with Gasteiger partial charge in [-0.15, -0.1) is 0 Å². The lowest BCUT2D eigenvalue weighted by molar-refractivity contribution is 0.0599. The predicted molar refractivity (Wildman–Crippen MR) is 77.5 cm³/mol. The summed E-state index contributed by atoms with van der Waals surface area (Å²) in [4.78, 5) is 31.4. The number of carbonyl (C=O) groups excluding carboxylic acids is 2. The third kappa shape index (κ3) is 3.35. The highest BCUT2D eigenvalue weighted by atomic mass is 35.5. The molecule has 1 amide bonds. The summed E-state index contributed by atoms with van der Waals surface area (Å²) in [6, 6.07) is 4.95. The Morgan fingerprint density at radius 3 is 2.71 bits per heavy atom. The van der Waals surface area contributed by atoms with E-state index in [0.717, 1.165) is 0 Å². The maximum absolute atomic E-state index is 12.1. The zero-order chi connectivity index (χ0) is 15.4. The highest BCUT2D eigenvalue weighted by Gasteiger charge is 2.15. The SMILES string of the molecule is COC(=O)c1cccc(NC(=O)c2cncc(Cl)n2)c1C. The van der Waals surface area contributed by atoms with Crippen LogP contribution in [0.15, 0.2) is 30.6 Å². The molecule has 0 fully saturated rings. The zero-order valence-electron chi connectivity index (χ0n) is 11.4. The van der Waals surface area contributed by atoms with E-state index in [-0.39, 0.29) is 10.8 Å². The first kappa shape index (κ1) is 14.9. The van der Waals surface area contributed by atoms with Crippen LogP contribution in [0.2, 0.25) is 5.15 Å². The fraction of sp³-hybridized carbons (Fsp3) is 0.143. The second-order valence-corrected chi connectivity index (χ2v) is 4.54. The van der Waals surface area contributed by atoms with E-state index in [1.54, 1.807) is 25.1 Å². The molecule has 0 aliphatic heterocycles. The van der Waals surface area contributed by atoms with Gasteiger partial charge in [-0.05, 0) is 24.6 Å². The van der Waals surface area contributed by atoms with Gasteiger partial charge in [0, 0.05) is 5.69 Å². The van der Waals surface area contributed by atoms with E-state index in [9.17, 15) is 9.59 Å². The molecule has 108 valence electrons. The molecule has 2 rings (SSSR count). The number of benzene rings is 1. The average Bonchev–Trinajstić information content (AvgIpc) is 2.48. The first-order chi connectivity index (χ1) is 10.0. The molecule has 1 aromatic carbocycles. The number of halogens is 1. The molecule has 2 aromatic rings. The van der Waals surface area contributed by atoms with Crippen LogP contribution in [-0.2, 0) is 4.74 Å². The summed E-state index contributed by atoms with van der Waals surface area (Å²) in [7, 11) is 1.30. The summed E-state index contributed by atoms with van der Waals surface area (Å²) < 4.78 is 4.69. The van der Waals surface area contributed by atoms with Crippen molar-refractivity contribution < 1.29 is 14.3 Å². The summed E-state index contributed by atoms with van der Waals surface area (Å²) >= 11 is 5.69. The molecule has 1 N–H and O–H groups in total. The van der Waals surface area contributed by atoms with E-state index in [4.69, 9.17) is 11.6 Å². The van der Waals surface area contributed by atoms with Gasteiger partial charge in [-0.1, -0.05) is 17.7 Å². The largest absolute Gasteiger partial charge is 0.465 e. The molecule has 0 aliphatic carbocycles. The number of aromatic nitrogens is 2. The number of ether oxygens (including phenoxy) is 1. The van der Waals surface area contributed by atoms with Crippen LogP contribution in [0, 0.1) is 6.92 Å². The van der Waals surface area contributed by atoms with Gasteiger partial charge >= 0.3 is 5.97 Å². The molecule has 0 aliphatic rings. The van der Waals surface area contributed by atoms with Crippen LogP contribution < -0.4 is 5.32 Å². The molecule has 0 bridgehead atoms.